The van der Waals surface area contributed by atoms with E-state index in [4.69, 9.17) is 4.74 Å². The smallest absolute Gasteiger partial charge is 0.138 e. The fourth-order valence-corrected chi connectivity index (χ4v) is 2.21. The van der Waals surface area contributed by atoms with E-state index in [0.717, 1.165) is 12.8 Å². The molecule has 4 unspecified atom stereocenters. The molecule has 0 spiro atoms. The summed E-state index contributed by atoms with van der Waals surface area (Å²) >= 11 is 0. The first-order chi connectivity index (χ1) is 9.35. The van der Waals surface area contributed by atoms with Crippen molar-refractivity contribution in [2.75, 3.05) is 6.61 Å². The normalized spacial score (nSPS) is 17.8. The zero-order valence-electron chi connectivity index (χ0n) is 13.1. The largest absolute Gasteiger partial charge is 0.394 e. The van der Waals surface area contributed by atoms with E-state index in [-0.39, 0.29) is 37.3 Å². The second-order valence-electron chi connectivity index (χ2n) is 5.48. The van der Waals surface area contributed by atoms with Crippen molar-refractivity contribution in [2.45, 2.75) is 77.8 Å². The summed E-state index contributed by atoms with van der Waals surface area (Å²) in [6.07, 6.45) is -0.497. The number of ketones is 1. The number of carbonyl (C=O) groups excluding carboxylic acids is 1. The molecule has 5 heteroatoms. The van der Waals surface area contributed by atoms with Gasteiger partial charge in [-0.25, -0.2) is 0 Å². The van der Waals surface area contributed by atoms with E-state index >= 15 is 0 Å². The summed E-state index contributed by atoms with van der Waals surface area (Å²) in [6, 6.07) is 0. The van der Waals surface area contributed by atoms with Crippen LogP contribution >= 0.6 is 0 Å². The van der Waals surface area contributed by atoms with E-state index in [0.29, 0.717) is 0 Å². The van der Waals surface area contributed by atoms with Crippen molar-refractivity contribution < 1.29 is 24.9 Å². The molecule has 0 saturated heterocycles. The molecular formula is C15H30O5. The van der Waals surface area contributed by atoms with Crippen molar-refractivity contribution in [2.24, 2.45) is 5.92 Å². The predicted molar refractivity (Wildman–Crippen MR) is 77.4 cm³/mol. The number of aliphatic hydroxyl groups excluding tert-OH is 3. The highest BCUT2D eigenvalue weighted by Gasteiger charge is 2.23. The molecule has 20 heavy (non-hydrogen) atoms. The van der Waals surface area contributed by atoms with Gasteiger partial charge in [0.05, 0.1) is 31.0 Å². The van der Waals surface area contributed by atoms with E-state index in [9.17, 15) is 20.1 Å². The van der Waals surface area contributed by atoms with Gasteiger partial charge in [-0.05, 0) is 26.7 Å². The Morgan fingerprint density at radius 3 is 2.10 bits per heavy atom. The molecule has 4 atom stereocenters. The van der Waals surface area contributed by atoms with Crippen LogP contribution in [-0.4, -0.2) is 52.1 Å². The molecule has 0 saturated carbocycles. The van der Waals surface area contributed by atoms with Gasteiger partial charge in [-0.2, -0.15) is 0 Å². The van der Waals surface area contributed by atoms with Crippen LogP contribution in [0.25, 0.3) is 0 Å². The second kappa shape index (κ2) is 10.3. The lowest BCUT2D eigenvalue weighted by molar-refractivity contribution is -0.129. The zero-order chi connectivity index (χ0) is 15.7. The Hall–Kier alpha value is -0.490. The first-order valence-corrected chi connectivity index (χ1v) is 7.50. The third kappa shape index (κ3) is 7.33. The van der Waals surface area contributed by atoms with Gasteiger partial charge in [-0.15, -0.1) is 0 Å². The summed E-state index contributed by atoms with van der Waals surface area (Å²) in [7, 11) is 0. The topological polar surface area (TPSA) is 87.0 Å². The lowest BCUT2D eigenvalue weighted by atomic mass is 9.94. The third-order valence-electron chi connectivity index (χ3n) is 3.63. The number of carbonyl (C=O) groups is 1. The monoisotopic (exact) mass is 290 g/mol. The number of hydrogen-bond donors (Lipinski definition) is 3. The highest BCUT2D eigenvalue weighted by molar-refractivity contribution is 5.81. The minimum absolute atomic E-state index is 0.0195. The van der Waals surface area contributed by atoms with E-state index in [2.05, 4.69) is 0 Å². The van der Waals surface area contributed by atoms with Crippen LogP contribution in [-0.2, 0) is 9.53 Å². The van der Waals surface area contributed by atoms with Gasteiger partial charge in [0.1, 0.15) is 5.78 Å². The van der Waals surface area contributed by atoms with E-state index < -0.39 is 18.3 Å². The van der Waals surface area contributed by atoms with Crippen molar-refractivity contribution in [1.82, 2.24) is 0 Å². The summed E-state index contributed by atoms with van der Waals surface area (Å²) in [4.78, 5) is 12.0. The fourth-order valence-electron chi connectivity index (χ4n) is 2.21. The molecular weight excluding hydrogens is 260 g/mol. The SMILES string of the molecule is CCC(CC)C(=O)CC(CO)OC(C)CC(O)C(C)O. The van der Waals surface area contributed by atoms with E-state index in [1.54, 1.807) is 6.92 Å². The first kappa shape index (κ1) is 19.5. The third-order valence-corrected chi connectivity index (χ3v) is 3.63. The average Bonchev–Trinajstić information content (AvgIpc) is 2.38. The minimum atomic E-state index is -0.862. The number of ether oxygens (including phenoxy) is 1. The van der Waals surface area contributed by atoms with Gasteiger partial charge < -0.3 is 20.1 Å². The van der Waals surface area contributed by atoms with Gasteiger partial charge in [0.25, 0.3) is 0 Å². The molecule has 0 heterocycles. The van der Waals surface area contributed by atoms with Gasteiger partial charge in [0, 0.05) is 18.8 Å². The molecule has 0 aliphatic carbocycles. The highest BCUT2D eigenvalue weighted by atomic mass is 16.5. The molecule has 3 N–H and O–H groups in total. The van der Waals surface area contributed by atoms with Crippen molar-refractivity contribution >= 4 is 5.78 Å². The van der Waals surface area contributed by atoms with Crippen molar-refractivity contribution in [3.63, 3.8) is 0 Å². The number of hydrogen-bond acceptors (Lipinski definition) is 5. The van der Waals surface area contributed by atoms with Gasteiger partial charge in [-0.3, -0.25) is 4.79 Å². The second-order valence-corrected chi connectivity index (χ2v) is 5.48. The summed E-state index contributed by atoms with van der Waals surface area (Å²) in [5.41, 5.74) is 0. The van der Waals surface area contributed by atoms with Crippen LogP contribution in [0.5, 0.6) is 0 Å². The quantitative estimate of drug-likeness (QED) is 0.533. The molecule has 0 aromatic rings. The van der Waals surface area contributed by atoms with Crippen molar-refractivity contribution in [3.8, 4) is 0 Å². The predicted octanol–water partition coefficient (Wildman–Crippen LogP) is 1.28. The van der Waals surface area contributed by atoms with Crippen LogP contribution in [0.4, 0.5) is 0 Å². The van der Waals surface area contributed by atoms with Crippen LogP contribution < -0.4 is 0 Å². The van der Waals surface area contributed by atoms with Crippen LogP contribution in [0.15, 0.2) is 0 Å². The Bertz CT molecular complexity index is 263. The van der Waals surface area contributed by atoms with Gasteiger partial charge in [-0.1, -0.05) is 13.8 Å². The van der Waals surface area contributed by atoms with E-state index in [1.807, 2.05) is 13.8 Å². The fraction of sp³-hybridized carbons (Fsp3) is 0.933. The maximum atomic E-state index is 12.0. The van der Waals surface area contributed by atoms with Crippen LogP contribution in [0.2, 0.25) is 0 Å². The Balaban J connectivity index is 4.30. The molecule has 0 radical (unpaired) electrons. The summed E-state index contributed by atoms with van der Waals surface area (Å²) in [6.45, 7) is 7.00. The van der Waals surface area contributed by atoms with Gasteiger partial charge >= 0.3 is 0 Å². The van der Waals surface area contributed by atoms with Crippen LogP contribution in [0.1, 0.15) is 53.4 Å². The molecule has 0 aliphatic rings. The molecule has 0 amide bonds. The molecule has 0 aliphatic heterocycles. The van der Waals surface area contributed by atoms with Crippen molar-refractivity contribution in [3.05, 3.63) is 0 Å². The average molecular weight is 290 g/mol. The van der Waals surface area contributed by atoms with Gasteiger partial charge in [0.15, 0.2) is 0 Å². The number of rotatable bonds is 11. The lowest BCUT2D eigenvalue weighted by Gasteiger charge is -2.24. The zero-order valence-corrected chi connectivity index (χ0v) is 13.1. The molecule has 120 valence electrons. The Labute approximate surface area is 122 Å². The molecule has 5 nitrogen and oxygen atoms in total. The van der Waals surface area contributed by atoms with E-state index in [1.165, 1.54) is 6.92 Å². The van der Waals surface area contributed by atoms with Gasteiger partial charge in [0.2, 0.25) is 0 Å². The lowest BCUT2D eigenvalue weighted by Crippen LogP contribution is -2.33. The standard InChI is InChI=1S/C15H30O5/c1-5-12(6-2)15(19)8-13(9-16)20-10(3)7-14(18)11(4)17/h10-14,16-18H,5-9H2,1-4H3. The molecule has 0 fully saturated rings. The Morgan fingerprint density at radius 1 is 1.15 bits per heavy atom. The maximum Gasteiger partial charge on any atom is 0.138 e. The van der Waals surface area contributed by atoms with Crippen molar-refractivity contribution in [1.29, 1.82) is 0 Å². The molecule has 0 aromatic heterocycles. The maximum absolute atomic E-state index is 12.0. The molecule has 0 aromatic carbocycles. The summed E-state index contributed by atoms with van der Waals surface area (Å²) < 4.78 is 5.59. The number of aliphatic hydroxyl groups is 3. The Morgan fingerprint density at radius 2 is 1.70 bits per heavy atom. The van der Waals surface area contributed by atoms with Crippen LogP contribution in [0.3, 0.4) is 0 Å². The molecule has 0 rings (SSSR count). The minimum Gasteiger partial charge on any atom is -0.394 e. The highest BCUT2D eigenvalue weighted by Crippen LogP contribution is 2.16. The number of Topliss-reactive ketones (excluding diaryl/α,β-unsaturated/α-hetero) is 1. The summed E-state index contributed by atoms with van der Waals surface area (Å²) in [5, 5.41) is 28.1. The molecule has 0 bridgehead atoms. The Kier molecular flexibility index (Phi) is 10.0. The van der Waals surface area contributed by atoms with Crippen LogP contribution in [0, 0.1) is 5.92 Å². The summed E-state index contributed by atoms with van der Waals surface area (Å²) in [5.74, 6) is 0.128. The first-order valence-electron chi connectivity index (χ1n) is 7.50.